The number of benzene rings is 1. The van der Waals surface area contributed by atoms with E-state index in [1.165, 1.54) is 5.52 Å². The van der Waals surface area contributed by atoms with Crippen LogP contribution in [-0.2, 0) is 13.0 Å². The smallest absolute Gasteiger partial charge is 0.126 e. The molecule has 3 aromatic rings. The number of pyridine rings is 1. The number of aryl methyl sites for hydroxylation is 1. The zero-order valence-electron chi connectivity index (χ0n) is 11.8. The number of hydrogen-bond donors (Lipinski definition) is 1. The van der Waals surface area contributed by atoms with Crippen LogP contribution in [0.5, 0.6) is 0 Å². The Labute approximate surface area is 118 Å². The van der Waals surface area contributed by atoms with Crippen molar-refractivity contribution in [3.05, 3.63) is 54.0 Å². The number of rotatable bonds is 4. The highest BCUT2D eigenvalue weighted by atomic mass is 15.1. The van der Waals surface area contributed by atoms with Crippen LogP contribution in [0.25, 0.3) is 11.0 Å². The Kier molecular flexibility index (Phi) is 3.37. The Hall–Kier alpha value is -2.36. The highest BCUT2D eigenvalue weighted by Gasteiger charge is 2.09. The van der Waals surface area contributed by atoms with Gasteiger partial charge >= 0.3 is 0 Å². The molecule has 2 aromatic heterocycles. The van der Waals surface area contributed by atoms with Gasteiger partial charge in [-0.1, -0.05) is 25.1 Å². The van der Waals surface area contributed by atoms with Gasteiger partial charge in [0, 0.05) is 13.5 Å². The van der Waals surface area contributed by atoms with Crippen molar-refractivity contribution in [2.45, 2.75) is 19.9 Å². The maximum Gasteiger partial charge on any atom is 0.126 e. The van der Waals surface area contributed by atoms with E-state index >= 15 is 0 Å². The van der Waals surface area contributed by atoms with E-state index in [9.17, 15) is 0 Å². The molecule has 102 valence electrons. The topological polar surface area (TPSA) is 42.7 Å². The molecular weight excluding hydrogens is 248 g/mol. The van der Waals surface area contributed by atoms with Gasteiger partial charge in [-0.05, 0) is 24.3 Å². The standard InChI is InChI=1S/C16H18N4/c1-3-16-19-13-8-4-5-9-14(13)20(16)11-12-7-6-10-15(17-2)18-12/h4-10H,3,11H2,1-2H3,(H,17,18). The Balaban J connectivity index is 2.04. The number of hydrogen-bond acceptors (Lipinski definition) is 3. The van der Waals surface area contributed by atoms with Crippen molar-refractivity contribution in [3.63, 3.8) is 0 Å². The second kappa shape index (κ2) is 5.33. The number of aromatic nitrogens is 3. The molecule has 0 atom stereocenters. The Morgan fingerprint density at radius 1 is 1.05 bits per heavy atom. The average molecular weight is 266 g/mol. The van der Waals surface area contributed by atoms with Crippen molar-refractivity contribution in [1.82, 2.24) is 14.5 Å². The first-order valence-electron chi connectivity index (χ1n) is 6.89. The lowest BCUT2D eigenvalue weighted by atomic mass is 10.3. The molecule has 4 heteroatoms. The lowest BCUT2D eigenvalue weighted by Gasteiger charge is -2.09. The fourth-order valence-corrected chi connectivity index (χ4v) is 2.44. The van der Waals surface area contributed by atoms with Crippen LogP contribution in [0, 0.1) is 0 Å². The third kappa shape index (κ3) is 2.25. The van der Waals surface area contributed by atoms with Crippen LogP contribution in [0.3, 0.4) is 0 Å². The molecule has 4 nitrogen and oxygen atoms in total. The lowest BCUT2D eigenvalue weighted by molar-refractivity contribution is 0.737. The summed E-state index contributed by atoms with van der Waals surface area (Å²) in [5, 5.41) is 3.08. The van der Waals surface area contributed by atoms with Gasteiger partial charge in [0.2, 0.25) is 0 Å². The SMILES string of the molecule is CCc1nc2ccccc2n1Cc1cccc(NC)n1. The fourth-order valence-electron chi connectivity index (χ4n) is 2.44. The van der Waals surface area contributed by atoms with Gasteiger partial charge in [-0.2, -0.15) is 0 Å². The zero-order chi connectivity index (χ0) is 13.9. The summed E-state index contributed by atoms with van der Waals surface area (Å²) in [6.07, 6.45) is 0.917. The molecule has 20 heavy (non-hydrogen) atoms. The second-order valence-corrected chi connectivity index (χ2v) is 4.72. The Bertz CT molecular complexity index is 730. The number of fused-ring (bicyclic) bond motifs is 1. The molecule has 0 aliphatic rings. The van der Waals surface area contributed by atoms with Crippen LogP contribution in [0.1, 0.15) is 18.4 Å². The minimum atomic E-state index is 0.749. The highest BCUT2D eigenvalue weighted by Crippen LogP contribution is 2.18. The van der Waals surface area contributed by atoms with Crippen LogP contribution in [0.2, 0.25) is 0 Å². The van der Waals surface area contributed by atoms with Crippen LogP contribution in [0.15, 0.2) is 42.5 Å². The van der Waals surface area contributed by atoms with Gasteiger partial charge in [-0.3, -0.25) is 0 Å². The third-order valence-electron chi connectivity index (χ3n) is 3.43. The molecule has 0 radical (unpaired) electrons. The normalized spacial score (nSPS) is 10.9. The first-order valence-corrected chi connectivity index (χ1v) is 6.89. The summed E-state index contributed by atoms with van der Waals surface area (Å²) in [4.78, 5) is 9.28. The largest absolute Gasteiger partial charge is 0.373 e. The molecule has 0 bridgehead atoms. The molecule has 1 aromatic carbocycles. The van der Waals surface area contributed by atoms with Crippen molar-refractivity contribution >= 4 is 16.9 Å². The first kappa shape index (κ1) is 12.7. The first-order chi connectivity index (χ1) is 9.81. The van der Waals surface area contributed by atoms with Gasteiger partial charge in [0.15, 0.2) is 0 Å². The number of anilines is 1. The number of imidazole rings is 1. The quantitative estimate of drug-likeness (QED) is 0.789. The van der Waals surface area contributed by atoms with Crippen LogP contribution >= 0.6 is 0 Å². The molecule has 3 rings (SSSR count). The van der Waals surface area contributed by atoms with Gasteiger partial charge in [0.25, 0.3) is 0 Å². The predicted octanol–water partition coefficient (Wildman–Crippen LogP) is 3.08. The van der Waals surface area contributed by atoms with E-state index in [0.717, 1.165) is 35.8 Å². The van der Waals surface area contributed by atoms with Crippen molar-refractivity contribution in [2.24, 2.45) is 0 Å². The average Bonchev–Trinajstić information content (AvgIpc) is 2.85. The van der Waals surface area contributed by atoms with E-state index in [4.69, 9.17) is 0 Å². The third-order valence-corrected chi connectivity index (χ3v) is 3.43. The van der Waals surface area contributed by atoms with E-state index in [1.807, 2.05) is 25.2 Å². The number of nitrogens with one attached hydrogen (secondary N) is 1. The van der Waals surface area contributed by atoms with Gasteiger partial charge in [-0.25, -0.2) is 9.97 Å². The molecule has 0 aliphatic carbocycles. The van der Waals surface area contributed by atoms with Crippen LogP contribution in [0.4, 0.5) is 5.82 Å². The molecule has 0 fully saturated rings. The van der Waals surface area contributed by atoms with Crippen molar-refractivity contribution in [1.29, 1.82) is 0 Å². The van der Waals surface area contributed by atoms with Gasteiger partial charge in [0.1, 0.15) is 11.6 Å². The second-order valence-electron chi connectivity index (χ2n) is 4.72. The summed E-state index contributed by atoms with van der Waals surface area (Å²) >= 11 is 0. The van der Waals surface area contributed by atoms with E-state index < -0.39 is 0 Å². The van der Waals surface area contributed by atoms with Crippen molar-refractivity contribution in [2.75, 3.05) is 12.4 Å². The van der Waals surface area contributed by atoms with Gasteiger partial charge in [-0.15, -0.1) is 0 Å². The number of para-hydroxylation sites is 2. The molecule has 0 amide bonds. The van der Waals surface area contributed by atoms with Gasteiger partial charge in [0.05, 0.1) is 23.3 Å². The zero-order valence-corrected chi connectivity index (χ0v) is 11.8. The maximum atomic E-state index is 4.69. The molecule has 0 unspecified atom stereocenters. The monoisotopic (exact) mass is 266 g/mol. The summed E-state index contributed by atoms with van der Waals surface area (Å²) in [6, 6.07) is 14.3. The molecule has 2 heterocycles. The predicted molar refractivity (Wildman–Crippen MR) is 82.0 cm³/mol. The highest BCUT2D eigenvalue weighted by molar-refractivity contribution is 5.76. The molecule has 0 aliphatic heterocycles. The van der Waals surface area contributed by atoms with E-state index in [2.05, 4.69) is 51.0 Å². The summed E-state index contributed by atoms with van der Waals surface area (Å²) in [6.45, 7) is 2.88. The van der Waals surface area contributed by atoms with Crippen LogP contribution < -0.4 is 5.32 Å². The molecule has 0 spiro atoms. The van der Waals surface area contributed by atoms with E-state index in [0.29, 0.717) is 0 Å². The molecule has 0 saturated carbocycles. The van der Waals surface area contributed by atoms with Crippen molar-refractivity contribution < 1.29 is 0 Å². The summed E-state index contributed by atoms with van der Waals surface area (Å²) in [5.74, 6) is 1.99. The van der Waals surface area contributed by atoms with E-state index in [1.54, 1.807) is 0 Å². The van der Waals surface area contributed by atoms with E-state index in [-0.39, 0.29) is 0 Å². The minimum absolute atomic E-state index is 0.749. The maximum absolute atomic E-state index is 4.69. The summed E-state index contributed by atoms with van der Waals surface area (Å²) in [7, 11) is 1.89. The fraction of sp³-hybridized carbons (Fsp3) is 0.250. The van der Waals surface area contributed by atoms with Crippen molar-refractivity contribution in [3.8, 4) is 0 Å². The summed E-state index contributed by atoms with van der Waals surface area (Å²) in [5.41, 5.74) is 3.25. The Morgan fingerprint density at radius 2 is 1.90 bits per heavy atom. The lowest BCUT2D eigenvalue weighted by Crippen LogP contribution is -2.06. The molecule has 1 N–H and O–H groups in total. The minimum Gasteiger partial charge on any atom is -0.373 e. The number of nitrogens with zero attached hydrogens (tertiary/aromatic N) is 3. The molecular formula is C16H18N4. The van der Waals surface area contributed by atoms with Gasteiger partial charge < -0.3 is 9.88 Å². The Morgan fingerprint density at radius 3 is 2.70 bits per heavy atom. The molecule has 0 saturated heterocycles. The summed E-state index contributed by atoms with van der Waals surface area (Å²) < 4.78 is 2.25. The van der Waals surface area contributed by atoms with Crippen LogP contribution in [-0.4, -0.2) is 21.6 Å².